The Kier molecular flexibility index (Phi) is 6.42. The molecule has 9 nitrogen and oxygen atoms in total. The summed E-state index contributed by atoms with van der Waals surface area (Å²) in [7, 11) is 3.94. The maximum absolute atomic E-state index is 12.1. The molecule has 0 saturated carbocycles. The van der Waals surface area contributed by atoms with Gasteiger partial charge in [-0.2, -0.15) is 0 Å². The summed E-state index contributed by atoms with van der Waals surface area (Å²) in [5.74, 6) is -1.45. The highest BCUT2D eigenvalue weighted by molar-refractivity contribution is 6.05. The Morgan fingerprint density at radius 3 is 2.36 bits per heavy atom. The van der Waals surface area contributed by atoms with Crippen molar-refractivity contribution in [1.29, 1.82) is 0 Å². The van der Waals surface area contributed by atoms with Crippen LogP contribution in [-0.2, 0) is 14.2 Å². The molecule has 1 aromatic carbocycles. The Labute approximate surface area is 126 Å². The van der Waals surface area contributed by atoms with Crippen molar-refractivity contribution in [1.82, 2.24) is 5.32 Å². The molecule has 0 heterocycles. The van der Waals surface area contributed by atoms with Crippen molar-refractivity contribution in [2.45, 2.75) is 6.29 Å². The van der Waals surface area contributed by atoms with E-state index in [4.69, 9.17) is 9.47 Å². The van der Waals surface area contributed by atoms with Gasteiger partial charge in [0.05, 0.1) is 29.7 Å². The van der Waals surface area contributed by atoms with E-state index in [9.17, 15) is 19.7 Å². The van der Waals surface area contributed by atoms with Crippen molar-refractivity contribution in [3.63, 3.8) is 0 Å². The highest BCUT2D eigenvalue weighted by Crippen LogP contribution is 2.19. The van der Waals surface area contributed by atoms with Crippen molar-refractivity contribution < 1.29 is 28.7 Å². The number of esters is 1. The number of benzene rings is 1. The van der Waals surface area contributed by atoms with E-state index >= 15 is 0 Å². The second-order valence-corrected chi connectivity index (χ2v) is 4.09. The van der Waals surface area contributed by atoms with E-state index in [1.54, 1.807) is 0 Å². The lowest BCUT2D eigenvalue weighted by Gasteiger charge is -2.14. The van der Waals surface area contributed by atoms with Gasteiger partial charge in [-0.1, -0.05) is 0 Å². The normalized spacial score (nSPS) is 10.4. The first kappa shape index (κ1) is 17.5. The van der Waals surface area contributed by atoms with Gasteiger partial charge in [0, 0.05) is 26.4 Å². The fourth-order valence-corrected chi connectivity index (χ4v) is 1.66. The number of hydrogen-bond acceptors (Lipinski definition) is 7. The first-order chi connectivity index (χ1) is 10.4. The summed E-state index contributed by atoms with van der Waals surface area (Å²) >= 11 is 0. The monoisotopic (exact) mass is 312 g/mol. The Balaban J connectivity index is 3.07. The molecule has 9 heteroatoms. The fraction of sp³-hybridized carbons (Fsp3) is 0.385. The molecule has 0 saturated heterocycles. The molecule has 1 aromatic rings. The minimum Gasteiger partial charge on any atom is -0.465 e. The van der Waals surface area contributed by atoms with Gasteiger partial charge >= 0.3 is 5.97 Å². The quantitative estimate of drug-likeness (QED) is 0.341. The van der Waals surface area contributed by atoms with Gasteiger partial charge in [-0.15, -0.1) is 0 Å². The van der Waals surface area contributed by atoms with Crippen LogP contribution < -0.4 is 5.32 Å². The van der Waals surface area contributed by atoms with Gasteiger partial charge in [0.1, 0.15) is 0 Å². The highest BCUT2D eigenvalue weighted by Gasteiger charge is 2.22. The third kappa shape index (κ3) is 4.24. The van der Waals surface area contributed by atoms with Crippen molar-refractivity contribution in [3.05, 3.63) is 39.4 Å². The largest absolute Gasteiger partial charge is 0.465 e. The Hall–Kier alpha value is -2.52. The zero-order valence-electron chi connectivity index (χ0n) is 12.3. The lowest BCUT2D eigenvalue weighted by atomic mass is 10.1. The summed E-state index contributed by atoms with van der Waals surface area (Å²) in [5, 5.41) is 13.3. The van der Waals surface area contributed by atoms with Crippen LogP contribution in [0.4, 0.5) is 5.69 Å². The number of nitrogens with zero attached hydrogens (tertiary/aromatic N) is 1. The maximum atomic E-state index is 12.1. The summed E-state index contributed by atoms with van der Waals surface area (Å²) in [6.45, 7) is 0.00907. The molecule has 0 aliphatic rings. The van der Waals surface area contributed by atoms with Gasteiger partial charge in [-0.05, 0) is 6.07 Å². The smallest absolute Gasteiger partial charge is 0.338 e. The van der Waals surface area contributed by atoms with Gasteiger partial charge in [0.2, 0.25) is 0 Å². The molecule has 0 unspecified atom stereocenters. The fourth-order valence-electron chi connectivity index (χ4n) is 1.66. The molecule has 0 spiro atoms. The molecular weight excluding hydrogens is 296 g/mol. The lowest BCUT2D eigenvalue weighted by Crippen LogP contribution is -2.35. The second kappa shape index (κ2) is 8.05. The molecule has 22 heavy (non-hydrogen) atoms. The van der Waals surface area contributed by atoms with Crippen LogP contribution >= 0.6 is 0 Å². The van der Waals surface area contributed by atoms with Crippen molar-refractivity contribution in [3.8, 4) is 0 Å². The summed E-state index contributed by atoms with van der Waals surface area (Å²) in [6, 6.07) is 3.30. The lowest BCUT2D eigenvalue weighted by molar-refractivity contribution is -0.384. The minimum atomic E-state index is -0.768. The Bertz CT molecular complexity index is 570. The molecule has 0 aliphatic heterocycles. The van der Waals surface area contributed by atoms with E-state index in [0.29, 0.717) is 0 Å². The molecule has 1 rings (SSSR count). The van der Waals surface area contributed by atoms with Crippen molar-refractivity contribution in [2.75, 3.05) is 27.9 Å². The average Bonchev–Trinajstić information content (AvgIpc) is 2.54. The number of nitro benzene ring substituents is 1. The number of hydrogen-bond donors (Lipinski definition) is 1. The van der Waals surface area contributed by atoms with E-state index in [1.165, 1.54) is 20.3 Å². The average molecular weight is 312 g/mol. The van der Waals surface area contributed by atoms with Crippen LogP contribution in [0.15, 0.2) is 18.2 Å². The number of non-ortho nitro benzene ring substituents is 1. The van der Waals surface area contributed by atoms with Crippen LogP contribution in [0.2, 0.25) is 0 Å². The first-order valence-corrected chi connectivity index (χ1v) is 6.15. The topological polar surface area (TPSA) is 117 Å². The van der Waals surface area contributed by atoms with E-state index < -0.39 is 23.1 Å². The number of ether oxygens (including phenoxy) is 3. The van der Waals surface area contributed by atoms with Crippen LogP contribution in [0.3, 0.4) is 0 Å². The van der Waals surface area contributed by atoms with Gasteiger partial charge in [-0.3, -0.25) is 14.9 Å². The van der Waals surface area contributed by atoms with Crippen LogP contribution in [0.5, 0.6) is 0 Å². The summed E-state index contributed by atoms with van der Waals surface area (Å²) in [6.07, 6.45) is -0.677. The summed E-state index contributed by atoms with van der Waals surface area (Å²) in [4.78, 5) is 33.9. The number of carbonyl (C=O) groups excluding carboxylic acids is 2. The van der Waals surface area contributed by atoms with Gasteiger partial charge in [-0.25, -0.2) is 4.79 Å². The molecule has 0 atom stereocenters. The molecule has 1 amide bonds. The molecule has 0 bridgehead atoms. The van der Waals surface area contributed by atoms with Crippen molar-refractivity contribution in [2.24, 2.45) is 0 Å². The van der Waals surface area contributed by atoms with Crippen LogP contribution in [0.25, 0.3) is 0 Å². The molecule has 1 N–H and O–H groups in total. The number of amides is 1. The summed E-state index contributed by atoms with van der Waals surface area (Å²) < 4.78 is 14.4. The van der Waals surface area contributed by atoms with Crippen LogP contribution in [0, 0.1) is 10.1 Å². The van der Waals surface area contributed by atoms with E-state index in [1.807, 2.05) is 0 Å². The number of nitrogens with one attached hydrogen (secondary N) is 1. The second-order valence-electron chi connectivity index (χ2n) is 4.09. The molecule has 0 radical (unpaired) electrons. The minimum absolute atomic E-state index is 0.00907. The predicted molar refractivity (Wildman–Crippen MR) is 74.6 cm³/mol. The Morgan fingerprint density at radius 1 is 1.23 bits per heavy atom. The SMILES string of the molecule is COC(=O)c1ccc([N+](=O)[O-])cc1C(=O)NCC(OC)OC. The third-order valence-electron chi connectivity index (χ3n) is 2.82. The zero-order valence-corrected chi connectivity index (χ0v) is 12.3. The van der Waals surface area contributed by atoms with E-state index in [2.05, 4.69) is 10.1 Å². The summed E-state index contributed by atoms with van der Waals surface area (Å²) in [5.41, 5.74) is -0.545. The van der Waals surface area contributed by atoms with Gasteiger partial charge in [0.25, 0.3) is 11.6 Å². The number of carbonyl (C=O) groups is 2. The van der Waals surface area contributed by atoms with Crippen molar-refractivity contribution >= 4 is 17.6 Å². The van der Waals surface area contributed by atoms with Crippen LogP contribution in [0.1, 0.15) is 20.7 Å². The molecule has 0 fully saturated rings. The molecule has 0 aromatic heterocycles. The van der Waals surface area contributed by atoms with E-state index in [0.717, 1.165) is 19.2 Å². The number of methoxy groups -OCH3 is 3. The standard InChI is InChI=1S/C13H16N2O7/c1-20-11(21-2)7-14-12(16)10-6-8(15(18)19)4-5-9(10)13(17)22-3/h4-6,11H,7H2,1-3H3,(H,14,16). The predicted octanol–water partition coefficient (Wildman–Crippen LogP) is 0.730. The van der Waals surface area contributed by atoms with Gasteiger partial charge in [0.15, 0.2) is 6.29 Å². The number of nitro groups is 1. The highest BCUT2D eigenvalue weighted by atomic mass is 16.7. The first-order valence-electron chi connectivity index (χ1n) is 6.15. The Morgan fingerprint density at radius 2 is 1.86 bits per heavy atom. The van der Waals surface area contributed by atoms with Gasteiger partial charge < -0.3 is 19.5 Å². The van der Waals surface area contributed by atoms with E-state index in [-0.39, 0.29) is 23.4 Å². The third-order valence-corrected chi connectivity index (χ3v) is 2.82. The number of rotatable bonds is 7. The zero-order chi connectivity index (χ0) is 16.7. The molecular formula is C13H16N2O7. The molecule has 120 valence electrons. The maximum Gasteiger partial charge on any atom is 0.338 e. The molecule has 0 aliphatic carbocycles. The van der Waals surface area contributed by atoms with Crippen LogP contribution in [-0.4, -0.2) is 51.0 Å².